The smallest absolute Gasteiger partial charge is 0.336 e. The molecule has 0 aliphatic carbocycles. The summed E-state index contributed by atoms with van der Waals surface area (Å²) in [5.74, 6) is -0.491. The maximum absolute atomic E-state index is 11.1. The fourth-order valence-corrected chi connectivity index (χ4v) is 4.44. The van der Waals surface area contributed by atoms with Crippen molar-refractivity contribution in [2.45, 2.75) is 38.2 Å². The summed E-state index contributed by atoms with van der Waals surface area (Å²) in [5.41, 5.74) is 15.3. The minimum absolute atomic E-state index is 0.0624. The predicted molar refractivity (Wildman–Crippen MR) is 181 cm³/mol. The fourth-order valence-electron chi connectivity index (χ4n) is 4.21. The monoisotopic (exact) mass is 644 g/mol. The van der Waals surface area contributed by atoms with E-state index in [9.17, 15) is 14.7 Å². The third-order valence-electron chi connectivity index (χ3n) is 6.59. The Balaban J connectivity index is 0.000000171. The van der Waals surface area contributed by atoms with Gasteiger partial charge in [0.1, 0.15) is 22.7 Å². The van der Waals surface area contributed by atoms with Gasteiger partial charge in [-0.15, -0.1) is 11.6 Å². The van der Waals surface area contributed by atoms with Crippen LogP contribution in [0.1, 0.15) is 48.2 Å². The van der Waals surface area contributed by atoms with Gasteiger partial charge < -0.3 is 35.6 Å². The van der Waals surface area contributed by atoms with E-state index in [-0.39, 0.29) is 35.9 Å². The molecular formula is C36H37ClN2O7. The molecule has 0 unspecified atom stereocenters. The Hall–Kier alpha value is -5.09. The van der Waals surface area contributed by atoms with Crippen LogP contribution in [0.2, 0.25) is 0 Å². The molecule has 0 spiro atoms. The first-order valence-electron chi connectivity index (χ1n) is 14.3. The van der Waals surface area contributed by atoms with Gasteiger partial charge in [0.2, 0.25) is 0 Å². The van der Waals surface area contributed by atoms with Crippen molar-refractivity contribution in [3.05, 3.63) is 142 Å². The van der Waals surface area contributed by atoms with E-state index in [1.165, 1.54) is 47.7 Å². The summed E-state index contributed by atoms with van der Waals surface area (Å²) in [6, 6.07) is 31.0. The topological polar surface area (TPSA) is 173 Å². The van der Waals surface area contributed by atoms with Crippen LogP contribution >= 0.6 is 11.6 Å². The number of phenols is 2. The van der Waals surface area contributed by atoms with Crippen LogP contribution < -0.4 is 17.1 Å². The van der Waals surface area contributed by atoms with Gasteiger partial charge in [0.25, 0.3) is 0 Å². The molecular weight excluding hydrogens is 608 g/mol. The molecule has 4 aromatic carbocycles. The minimum Gasteiger partial charge on any atom is -0.508 e. The van der Waals surface area contributed by atoms with Crippen LogP contribution in [0.25, 0.3) is 21.9 Å². The first-order chi connectivity index (χ1) is 22.0. The average molecular weight is 645 g/mol. The lowest BCUT2D eigenvalue weighted by Crippen LogP contribution is -2.03. The molecule has 7 N–H and O–H groups in total. The molecule has 0 saturated heterocycles. The number of hydrogen-bond acceptors (Lipinski definition) is 8. The van der Waals surface area contributed by atoms with Crippen molar-refractivity contribution in [1.82, 2.24) is 0 Å². The molecule has 0 fully saturated rings. The maximum atomic E-state index is 11.1. The molecule has 9 nitrogen and oxygen atoms in total. The van der Waals surface area contributed by atoms with Crippen LogP contribution in [0.3, 0.4) is 0 Å². The summed E-state index contributed by atoms with van der Waals surface area (Å²) < 4.78 is 10.0. The van der Waals surface area contributed by atoms with Crippen LogP contribution in [0.4, 0.5) is 0 Å². The molecule has 46 heavy (non-hydrogen) atoms. The van der Waals surface area contributed by atoms with E-state index in [0.717, 1.165) is 10.8 Å². The molecule has 0 saturated carbocycles. The number of fused-ring (bicyclic) bond motifs is 2. The summed E-state index contributed by atoms with van der Waals surface area (Å²) >= 11 is 5.67. The van der Waals surface area contributed by atoms with Gasteiger partial charge in [-0.05, 0) is 54.8 Å². The first-order valence-corrected chi connectivity index (χ1v) is 14.9. The Kier molecular flexibility index (Phi) is 13.4. The van der Waals surface area contributed by atoms with Gasteiger partial charge in [-0.1, -0.05) is 60.7 Å². The SMILES string of the molecule is C[C@@H](N)c1ccccc1.C[C@@H](N)c1ccccc1.O=C(O)Cc1coc2cc(O)ccc12.O=c1cc(CCl)c2ccc(O)cc2o1. The zero-order chi connectivity index (χ0) is 33.6. The van der Waals surface area contributed by atoms with E-state index < -0.39 is 11.6 Å². The average Bonchev–Trinajstić information content (AvgIpc) is 3.42. The van der Waals surface area contributed by atoms with Crippen molar-refractivity contribution in [3.8, 4) is 11.5 Å². The van der Waals surface area contributed by atoms with Crippen molar-refractivity contribution in [2.75, 3.05) is 0 Å². The van der Waals surface area contributed by atoms with Gasteiger partial charge >= 0.3 is 11.6 Å². The number of carboxylic acids is 1. The lowest BCUT2D eigenvalue weighted by Gasteiger charge is -2.02. The Bertz CT molecular complexity index is 1840. The zero-order valence-electron chi connectivity index (χ0n) is 25.5. The van der Waals surface area contributed by atoms with Crippen molar-refractivity contribution >= 4 is 39.5 Å². The molecule has 0 amide bonds. The number of nitrogens with two attached hydrogens (primary N) is 2. The molecule has 2 aromatic heterocycles. The molecule has 6 aromatic rings. The van der Waals surface area contributed by atoms with Crippen molar-refractivity contribution in [2.24, 2.45) is 11.5 Å². The Morgan fingerprint density at radius 1 is 0.739 bits per heavy atom. The molecule has 0 radical (unpaired) electrons. The van der Waals surface area contributed by atoms with E-state index in [1.54, 1.807) is 12.1 Å². The van der Waals surface area contributed by atoms with Gasteiger partial charge in [-0.3, -0.25) is 4.79 Å². The van der Waals surface area contributed by atoms with E-state index in [0.29, 0.717) is 22.3 Å². The third-order valence-corrected chi connectivity index (χ3v) is 6.88. The number of phenolic OH excluding ortho intramolecular Hbond substituents is 2. The second-order valence-electron chi connectivity index (χ2n) is 10.3. The van der Waals surface area contributed by atoms with Crippen molar-refractivity contribution < 1.29 is 28.9 Å². The van der Waals surface area contributed by atoms with Gasteiger partial charge in [-0.2, -0.15) is 0 Å². The number of alkyl halides is 1. The molecule has 240 valence electrons. The van der Waals surface area contributed by atoms with Crippen LogP contribution in [-0.2, 0) is 17.1 Å². The summed E-state index contributed by atoms with van der Waals surface area (Å²) in [5, 5.41) is 28.4. The fraction of sp³-hybridized carbons (Fsp3) is 0.167. The van der Waals surface area contributed by atoms with Crippen molar-refractivity contribution in [3.63, 3.8) is 0 Å². The second kappa shape index (κ2) is 17.4. The molecule has 2 atom stereocenters. The summed E-state index contributed by atoms with van der Waals surface area (Å²) in [6.45, 7) is 3.96. The number of carboxylic acid groups (broad SMARTS) is 1. The number of furan rings is 1. The highest BCUT2D eigenvalue weighted by Crippen LogP contribution is 2.25. The van der Waals surface area contributed by atoms with Gasteiger partial charge in [0.05, 0.1) is 12.7 Å². The Labute approximate surface area is 271 Å². The number of halogens is 1. The molecule has 6 rings (SSSR count). The van der Waals surface area contributed by atoms with Crippen LogP contribution in [0.15, 0.2) is 123 Å². The lowest BCUT2D eigenvalue weighted by molar-refractivity contribution is -0.136. The van der Waals surface area contributed by atoms with Crippen molar-refractivity contribution in [1.29, 1.82) is 0 Å². The lowest BCUT2D eigenvalue weighted by atomic mass is 10.1. The highest BCUT2D eigenvalue weighted by molar-refractivity contribution is 6.17. The van der Waals surface area contributed by atoms with Gasteiger partial charge in [-0.25, -0.2) is 4.79 Å². The number of aliphatic carboxylic acids is 1. The van der Waals surface area contributed by atoms with E-state index in [4.69, 9.17) is 42.1 Å². The molecule has 0 aliphatic rings. The molecule has 0 bridgehead atoms. The number of aromatic hydroxyl groups is 2. The first kappa shape index (κ1) is 35.4. The highest BCUT2D eigenvalue weighted by atomic mass is 35.5. The highest BCUT2D eigenvalue weighted by Gasteiger charge is 2.09. The number of hydrogen-bond donors (Lipinski definition) is 5. The standard InChI is InChI=1S/C10H7ClO3.C10H8O4.2C8H11N/c11-5-6-3-10(13)14-9-4-7(12)1-2-8(6)9;11-7-1-2-8-6(3-10(12)13)5-14-9(8)4-7;2*1-7(9)8-5-3-2-4-6-8/h1-4,12H,5H2;1-2,4-5,11H,3H2,(H,12,13);2*2-7H,9H2,1H3/t;;2*7-/m..11/s1. The summed E-state index contributed by atoms with van der Waals surface area (Å²) in [6.07, 6.45) is 1.33. The van der Waals surface area contributed by atoms with Crippen LogP contribution in [0.5, 0.6) is 11.5 Å². The molecule has 10 heteroatoms. The Morgan fingerprint density at radius 2 is 1.22 bits per heavy atom. The normalized spacial score (nSPS) is 11.6. The summed E-state index contributed by atoms with van der Waals surface area (Å²) in [7, 11) is 0. The van der Waals surface area contributed by atoms with Crippen LogP contribution in [-0.4, -0.2) is 21.3 Å². The quantitative estimate of drug-likeness (QED) is 0.0945. The van der Waals surface area contributed by atoms with E-state index in [2.05, 4.69) is 0 Å². The third kappa shape index (κ3) is 10.8. The number of rotatable bonds is 5. The summed E-state index contributed by atoms with van der Waals surface area (Å²) in [4.78, 5) is 21.6. The van der Waals surface area contributed by atoms with Gasteiger partial charge in [0, 0.05) is 52.5 Å². The number of benzene rings is 4. The second-order valence-corrected chi connectivity index (χ2v) is 10.6. The van der Waals surface area contributed by atoms with Crippen LogP contribution in [0, 0.1) is 0 Å². The molecule has 0 aliphatic heterocycles. The minimum atomic E-state index is -0.902. The van der Waals surface area contributed by atoms with E-state index >= 15 is 0 Å². The van der Waals surface area contributed by atoms with Gasteiger partial charge in [0.15, 0.2) is 0 Å². The largest absolute Gasteiger partial charge is 0.508 e. The Morgan fingerprint density at radius 3 is 1.65 bits per heavy atom. The molecule has 2 heterocycles. The predicted octanol–water partition coefficient (Wildman–Crippen LogP) is 7.42. The maximum Gasteiger partial charge on any atom is 0.336 e. The zero-order valence-corrected chi connectivity index (χ0v) is 26.2. The number of carbonyl (C=O) groups is 1. The van der Waals surface area contributed by atoms with E-state index in [1.807, 2.05) is 74.5 Å².